The number of pyridine rings is 1. The van der Waals surface area contributed by atoms with Crippen LogP contribution in [0.1, 0.15) is 17.5 Å². The highest BCUT2D eigenvalue weighted by atomic mass is 32.1. The van der Waals surface area contributed by atoms with E-state index in [4.69, 9.17) is 17.2 Å². The molecule has 0 unspecified atom stereocenters. The molecule has 5 rings (SSSR count). The first-order chi connectivity index (χ1) is 13.7. The number of hydrogen-bond donors (Lipinski definition) is 2. The molecule has 2 N–H and O–H groups in total. The molecule has 28 heavy (non-hydrogen) atoms. The third-order valence-electron chi connectivity index (χ3n) is 4.92. The number of hydrogen-bond acceptors (Lipinski definition) is 4. The number of nitrogens with one attached hydrogen (secondary N) is 2. The Balaban J connectivity index is 1.32. The minimum Gasteiger partial charge on any atom is -0.332 e. The first-order valence-electron chi connectivity index (χ1n) is 9.25. The molecule has 0 bridgehead atoms. The maximum Gasteiger partial charge on any atom is 0.175 e. The monoisotopic (exact) mass is 402 g/mol. The number of benzene rings is 2. The maximum atomic E-state index is 5.51. The Hall–Kier alpha value is -2.83. The summed E-state index contributed by atoms with van der Waals surface area (Å²) in [7, 11) is 0. The van der Waals surface area contributed by atoms with E-state index in [-0.39, 0.29) is 0 Å². The number of nitrogens with zero attached hydrogens (tertiary/aromatic N) is 2. The third kappa shape index (κ3) is 3.48. The summed E-state index contributed by atoms with van der Waals surface area (Å²) < 4.78 is 1.09. The van der Waals surface area contributed by atoms with Crippen molar-refractivity contribution in [2.45, 2.75) is 19.3 Å². The molecule has 2 aromatic carbocycles. The van der Waals surface area contributed by atoms with E-state index in [1.165, 1.54) is 24.0 Å². The molecule has 4 nitrogen and oxygen atoms in total. The van der Waals surface area contributed by atoms with Crippen LogP contribution in [0.4, 0.5) is 11.4 Å². The van der Waals surface area contributed by atoms with Gasteiger partial charge in [-0.25, -0.2) is 4.98 Å². The molecular weight excluding hydrogens is 384 g/mol. The number of fused-ring (bicyclic) bond motifs is 2. The molecule has 0 atom stereocenters. The molecule has 4 aromatic rings. The molecule has 2 aromatic heterocycles. The Kier molecular flexibility index (Phi) is 4.50. The van der Waals surface area contributed by atoms with E-state index in [0.29, 0.717) is 5.11 Å². The van der Waals surface area contributed by atoms with E-state index >= 15 is 0 Å². The van der Waals surface area contributed by atoms with Gasteiger partial charge in [-0.2, -0.15) is 0 Å². The average molecular weight is 403 g/mol. The fraction of sp³-hybridized carbons (Fsp3) is 0.136. The fourth-order valence-corrected chi connectivity index (χ4v) is 4.74. The van der Waals surface area contributed by atoms with Crippen molar-refractivity contribution in [1.29, 1.82) is 0 Å². The topological polar surface area (TPSA) is 49.8 Å². The van der Waals surface area contributed by atoms with Gasteiger partial charge in [0.15, 0.2) is 5.11 Å². The summed E-state index contributed by atoms with van der Waals surface area (Å²) >= 11 is 7.16. The van der Waals surface area contributed by atoms with Crippen molar-refractivity contribution in [3.63, 3.8) is 0 Å². The van der Waals surface area contributed by atoms with Crippen molar-refractivity contribution in [2.24, 2.45) is 0 Å². The summed E-state index contributed by atoms with van der Waals surface area (Å²) in [4.78, 5) is 8.88. The van der Waals surface area contributed by atoms with Crippen molar-refractivity contribution < 1.29 is 0 Å². The highest BCUT2D eigenvalue weighted by molar-refractivity contribution is 7.80. The van der Waals surface area contributed by atoms with Crippen LogP contribution in [0.5, 0.6) is 0 Å². The number of rotatable bonds is 3. The predicted octanol–water partition coefficient (Wildman–Crippen LogP) is 5.66. The van der Waals surface area contributed by atoms with Crippen molar-refractivity contribution in [1.82, 2.24) is 9.97 Å². The summed E-state index contributed by atoms with van der Waals surface area (Å²) in [5, 5.41) is 8.15. The van der Waals surface area contributed by atoms with Crippen LogP contribution in [0.3, 0.4) is 0 Å². The molecule has 0 radical (unpaired) electrons. The molecule has 0 saturated carbocycles. The SMILES string of the molecule is S=C(Nc1cccc(-c2nc3ccncc3s2)c1)Nc1ccc2c(c1)CCC2. The molecular formula is C22H18N4S2. The molecule has 1 aliphatic carbocycles. The lowest BCUT2D eigenvalue weighted by molar-refractivity contribution is 0.912. The van der Waals surface area contributed by atoms with Crippen LogP contribution >= 0.6 is 23.6 Å². The number of aryl methyl sites for hydroxylation is 2. The molecule has 2 heterocycles. The van der Waals surface area contributed by atoms with Gasteiger partial charge in [-0.15, -0.1) is 11.3 Å². The molecule has 0 amide bonds. The van der Waals surface area contributed by atoms with Crippen LogP contribution in [0, 0.1) is 0 Å². The molecule has 0 aliphatic heterocycles. The van der Waals surface area contributed by atoms with Gasteiger partial charge in [-0.05, 0) is 72.9 Å². The van der Waals surface area contributed by atoms with E-state index in [1.54, 1.807) is 17.5 Å². The van der Waals surface area contributed by atoms with Gasteiger partial charge in [0.05, 0.1) is 10.2 Å². The van der Waals surface area contributed by atoms with E-state index in [9.17, 15) is 0 Å². The van der Waals surface area contributed by atoms with Gasteiger partial charge in [0.1, 0.15) is 5.01 Å². The standard InChI is InChI=1S/C22H18N4S2/c27-22(25-18-8-7-14-3-1-4-15(14)11-18)24-17-6-2-5-16(12-17)21-26-19-9-10-23-13-20(19)28-21/h2,5-13H,1,3-4H2,(H2,24,25,27). The lowest BCUT2D eigenvalue weighted by Gasteiger charge is -2.12. The second kappa shape index (κ2) is 7.30. The summed E-state index contributed by atoms with van der Waals surface area (Å²) in [6.45, 7) is 0. The first kappa shape index (κ1) is 17.3. The minimum absolute atomic E-state index is 0.587. The Bertz CT molecular complexity index is 1150. The Morgan fingerprint density at radius 3 is 2.71 bits per heavy atom. The van der Waals surface area contributed by atoms with Gasteiger partial charge in [0.25, 0.3) is 0 Å². The van der Waals surface area contributed by atoms with E-state index in [2.05, 4.69) is 45.9 Å². The summed E-state index contributed by atoms with van der Waals surface area (Å²) in [5.41, 5.74) is 6.90. The lowest BCUT2D eigenvalue weighted by atomic mass is 10.1. The van der Waals surface area contributed by atoms with Crippen LogP contribution in [0.2, 0.25) is 0 Å². The van der Waals surface area contributed by atoms with Gasteiger partial charge in [0.2, 0.25) is 0 Å². The van der Waals surface area contributed by atoms with Crippen LogP contribution in [-0.4, -0.2) is 15.1 Å². The Morgan fingerprint density at radius 2 is 1.82 bits per heavy atom. The normalized spacial score (nSPS) is 12.7. The van der Waals surface area contributed by atoms with Crippen LogP contribution < -0.4 is 10.6 Å². The second-order valence-electron chi connectivity index (χ2n) is 6.86. The molecule has 6 heteroatoms. The van der Waals surface area contributed by atoms with E-state index in [1.807, 2.05) is 24.4 Å². The third-order valence-corrected chi connectivity index (χ3v) is 6.17. The molecule has 0 fully saturated rings. The van der Waals surface area contributed by atoms with Gasteiger partial charge >= 0.3 is 0 Å². The highest BCUT2D eigenvalue weighted by Crippen LogP contribution is 2.31. The van der Waals surface area contributed by atoms with Crippen molar-refractivity contribution in [2.75, 3.05) is 10.6 Å². The van der Waals surface area contributed by atoms with Gasteiger partial charge in [-0.3, -0.25) is 4.98 Å². The lowest BCUT2D eigenvalue weighted by Crippen LogP contribution is -2.19. The predicted molar refractivity (Wildman–Crippen MR) is 121 cm³/mol. The maximum absolute atomic E-state index is 5.51. The fourth-order valence-electron chi connectivity index (χ4n) is 3.58. The zero-order chi connectivity index (χ0) is 18.9. The van der Waals surface area contributed by atoms with Gasteiger partial charge < -0.3 is 10.6 Å². The minimum atomic E-state index is 0.587. The van der Waals surface area contributed by atoms with Gasteiger partial charge in [-0.1, -0.05) is 18.2 Å². The Labute approximate surface area is 172 Å². The molecule has 138 valence electrons. The molecule has 0 saturated heterocycles. The van der Waals surface area contributed by atoms with Crippen LogP contribution in [0.25, 0.3) is 20.8 Å². The van der Waals surface area contributed by atoms with Crippen molar-refractivity contribution >= 4 is 50.3 Å². The summed E-state index contributed by atoms with van der Waals surface area (Å²) in [6.07, 6.45) is 7.22. The Morgan fingerprint density at radius 1 is 0.964 bits per heavy atom. The average Bonchev–Trinajstić information content (AvgIpc) is 3.34. The highest BCUT2D eigenvalue weighted by Gasteiger charge is 2.11. The van der Waals surface area contributed by atoms with E-state index < -0.39 is 0 Å². The molecule has 1 aliphatic rings. The summed E-state index contributed by atoms with van der Waals surface area (Å²) in [5.74, 6) is 0. The van der Waals surface area contributed by atoms with Crippen molar-refractivity contribution in [3.8, 4) is 10.6 Å². The quantitative estimate of drug-likeness (QED) is 0.433. The van der Waals surface area contributed by atoms with E-state index in [0.717, 1.165) is 38.6 Å². The molecule has 0 spiro atoms. The smallest absolute Gasteiger partial charge is 0.175 e. The zero-order valence-electron chi connectivity index (χ0n) is 15.1. The second-order valence-corrected chi connectivity index (χ2v) is 8.30. The zero-order valence-corrected chi connectivity index (χ0v) is 16.7. The van der Waals surface area contributed by atoms with Crippen LogP contribution in [0.15, 0.2) is 60.9 Å². The number of thiazole rings is 1. The van der Waals surface area contributed by atoms with Crippen LogP contribution in [-0.2, 0) is 12.8 Å². The summed E-state index contributed by atoms with van der Waals surface area (Å²) in [6, 6.07) is 16.6. The largest absolute Gasteiger partial charge is 0.332 e. The first-order valence-corrected chi connectivity index (χ1v) is 10.5. The number of anilines is 2. The van der Waals surface area contributed by atoms with Crippen molar-refractivity contribution in [3.05, 3.63) is 72.1 Å². The van der Waals surface area contributed by atoms with Gasteiger partial charge in [0, 0.05) is 29.3 Å². The number of aromatic nitrogens is 2. The number of thiocarbonyl (C=S) groups is 1.